The van der Waals surface area contributed by atoms with Crippen LogP contribution in [0, 0.1) is 5.92 Å². The van der Waals surface area contributed by atoms with Gasteiger partial charge in [-0.25, -0.2) is 0 Å². The van der Waals surface area contributed by atoms with E-state index in [-0.39, 0.29) is 6.10 Å². The molecule has 17 heavy (non-hydrogen) atoms. The fourth-order valence-electron chi connectivity index (χ4n) is 3.43. The van der Waals surface area contributed by atoms with Crippen LogP contribution in [0.15, 0.2) is 0 Å². The van der Waals surface area contributed by atoms with Gasteiger partial charge in [-0.3, -0.25) is 0 Å². The van der Waals surface area contributed by atoms with Crippen LogP contribution in [-0.4, -0.2) is 48.5 Å². The summed E-state index contributed by atoms with van der Waals surface area (Å²) in [6.45, 7) is 4.26. The van der Waals surface area contributed by atoms with E-state index in [1.54, 1.807) is 0 Å². The van der Waals surface area contributed by atoms with Crippen LogP contribution in [0.3, 0.4) is 0 Å². The molecule has 3 nitrogen and oxygen atoms in total. The molecule has 2 fully saturated rings. The fourth-order valence-corrected chi connectivity index (χ4v) is 3.43. The van der Waals surface area contributed by atoms with Crippen LogP contribution < -0.4 is 0 Å². The summed E-state index contributed by atoms with van der Waals surface area (Å²) in [6.07, 6.45) is 7.74. The average Bonchev–Trinajstić information content (AvgIpc) is 2.39. The number of ether oxygens (including phenoxy) is 1. The molecule has 0 amide bonds. The third-order valence-electron chi connectivity index (χ3n) is 4.70. The SMILES string of the molecule is COC1CCCC(N2CCC(C(C)O)CC2)C1. The largest absolute Gasteiger partial charge is 0.393 e. The highest BCUT2D eigenvalue weighted by Gasteiger charge is 2.30. The topological polar surface area (TPSA) is 32.7 Å². The maximum absolute atomic E-state index is 9.62. The summed E-state index contributed by atoms with van der Waals surface area (Å²) in [7, 11) is 1.84. The first-order valence-electron chi connectivity index (χ1n) is 7.15. The number of rotatable bonds is 3. The zero-order valence-corrected chi connectivity index (χ0v) is 11.3. The van der Waals surface area contributed by atoms with Crippen LogP contribution >= 0.6 is 0 Å². The highest BCUT2D eigenvalue weighted by Crippen LogP contribution is 2.29. The van der Waals surface area contributed by atoms with Crippen molar-refractivity contribution in [3.05, 3.63) is 0 Å². The van der Waals surface area contributed by atoms with Gasteiger partial charge < -0.3 is 14.7 Å². The van der Waals surface area contributed by atoms with E-state index in [0.717, 1.165) is 32.0 Å². The molecule has 1 N–H and O–H groups in total. The van der Waals surface area contributed by atoms with Gasteiger partial charge >= 0.3 is 0 Å². The van der Waals surface area contributed by atoms with E-state index in [4.69, 9.17) is 4.74 Å². The molecule has 1 aliphatic heterocycles. The Bertz CT molecular complexity index is 224. The summed E-state index contributed by atoms with van der Waals surface area (Å²) in [6, 6.07) is 0.726. The van der Waals surface area contributed by atoms with Crippen molar-refractivity contribution in [2.24, 2.45) is 5.92 Å². The summed E-state index contributed by atoms with van der Waals surface area (Å²) < 4.78 is 5.50. The molecule has 100 valence electrons. The van der Waals surface area contributed by atoms with Gasteiger partial charge in [0.1, 0.15) is 0 Å². The first-order chi connectivity index (χ1) is 8.20. The van der Waals surface area contributed by atoms with Crippen LogP contribution in [-0.2, 0) is 4.74 Å². The summed E-state index contributed by atoms with van der Waals surface area (Å²) in [4.78, 5) is 2.63. The Morgan fingerprint density at radius 2 is 1.88 bits per heavy atom. The van der Waals surface area contributed by atoms with Crippen molar-refractivity contribution in [1.29, 1.82) is 0 Å². The van der Waals surface area contributed by atoms with Gasteiger partial charge in [-0.15, -0.1) is 0 Å². The monoisotopic (exact) mass is 241 g/mol. The molecule has 3 unspecified atom stereocenters. The molecule has 1 saturated heterocycles. The van der Waals surface area contributed by atoms with Gasteiger partial charge in [0, 0.05) is 13.2 Å². The van der Waals surface area contributed by atoms with Crippen molar-refractivity contribution < 1.29 is 9.84 Å². The molecule has 0 aromatic rings. The van der Waals surface area contributed by atoms with Gasteiger partial charge in [0.05, 0.1) is 12.2 Å². The summed E-state index contributed by atoms with van der Waals surface area (Å²) in [5.41, 5.74) is 0. The third-order valence-corrected chi connectivity index (χ3v) is 4.70. The molecule has 0 bridgehead atoms. The number of likely N-dealkylation sites (tertiary alicyclic amines) is 1. The number of nitrogens with zero attached hydrogens (tertiary/aromatic N) is 1. The van der Waals surface area contributed by atoms with Crippen molar-refractivity contribution in [3.63, 3.8) is 0 Å². The molecule has 2 rings (SSSR count). The molecule has 2 aliphatic rings. The molecule has 1 saturated carbocycles. The highest BCUT2D eigenvalue weighted by atomic mass is 16.5. The van der Waals surface area contributed by atoms with E-state index in [1.165, 1.54) is 25.7 Å². The van der Waals surface area contributed by atoms with Gasteiger partial charge in [-0.05, 0) is 64.5 Å². The molecule has 1 aliphatic carbocycles. The lowest BCUT2D eigenvalue weighted by Crippen LogP contribution is -2.46. The van der Waals surface area contributed by atoms with Gasteiger partial charge in [0.15, 0.2) is 0 Å². The Kier molecular flexibility index (Phi) is 4.83. The Morgan fingerprint density at radius 3 is 2.47 bits per heavy atom. The number of aliphatic hydroxyl groups is 1. The number of methoxy groups -OCH3 is 1. The summed E-state index contributed by atoms with van der Waals surface area (Å²) >= 11 is 0. The van der Waals surface area contributed by atoms with Crippen molar-refractivity contribution in [1.82, 2.24) is 4.90 Å². The van der Waals surface area contributed by atoms with E-state index in [2.05, 4.69) is 4.90 Å². The first-order valence-corrected chi connectivity index (χ1v) is 7.15. The van der Waals surface area contributed by atoms with E-state index in [9.17, 15) is 5.11 Å². The predicted molar refractivity (Wildman–Crippen MR) is 69.0 cm³/mol. The molecule has 0 aromatic heterocycles. The van der Waals surface area contributed by atoms with Crippen LogP contribution in [0.25, 0.3) is 0 Å². The molecule has 3 heteroatoms. The Labute approximate surface area is 105 Å². The first kappa shape index (κ1) is 13.3. The van der Waals surface area contributed by atoms with Crippen LogP contribution in [0.2, 0.25) is 0 Å². The number of aliphatic hydroxyl groups excluding tert-OH is 1. The van der Waals surface area contributed by atoms with Gasteiger partial charge in [0.25, 0.3) is 0 Å². The van der Waals surface area contributed by atoms with Crippen molar-refractivity contribution in [2.75, 3.05) is 20.2 Å². The second kappa shape index (κ2) is 6.17. The van der Waals surface area contributed by atoms with E-state index in [1.807, 2.05) is 14.0 Å². The second-order valence-corrected chi connectivity index (χ2v) is 5.79. The normalized spacial score (nSPS) is 34.8. The van der Waals surface area contributed by atoms with Crippen LogP contribution in [0.4, 0.5) is 0 Å². The van der Waals surface area contributed by atoms with Crippen molar-refractivity contribution in [3.8, 4) is 0 Å². The predicted octanol–water partition coefficient (Wildman–Crippen LogP) is 2.04. The molecule has 0 spiro atoms. The zero-order chi connectivity index (χ0) is 12.3. The van der Waals surface area contributed by atoms with E-state index < -0.39 is 0 Å². The summed E-state index contributed by atoms with van der Waals surface area (Å²) in [5.74, 6) is 0.521. The smallest absolute Gasteiger partial charge is 0.0586 e. The minimum Gasteiger partial charge on any atom is -0.393 e. The fraction of sp³-hybridized carbons (Fsp3) is 1.00. The molecule has 1 heterocycles. The van der Waals surface area contributed by atoms with Gasteiger partial charge in [-0.1, -0.05) is 0 Å². The minimum absolute atomic E-state index is 0.129. The minimum atomic E-state index is -0.129. The Morgan fingerprint density at radius 1 is 1.18 bits per heavy atom. The lowest BCUT2D eigenvalue weighted by Gasteiger charge is -2.41. The Hall–Kier alpha value is -0.120. The molecule has 3 atom stereocenters. The zero-order valence-electron chi connectivity index (χ0n) is 11.3. The molecular weight excluding hydrogens is 214 g/mol. The molecular formula is C14H27NO2. The third kappa shape index (κ3) is 3.43. The summed E-state index contributed by atoms with van der Waals surface area (Å²) in [5, 5.41) is 9.62. The lowest BCUT2D eigenvalue weighted by atomic mass is 9.87. The van der Waals surface area contributed by atoms with Crippen molar-refractivity contribution >= 4 is 0 Å². The van der Waals surface area contributed by atoms with E-state index in [0.29, 0.717) is 12.0 Å². The standard InChI is InChI=1S/C14H27NO2/c1-11(16)12-6-8-15(9-7-12)13-4-3-5-14(10-13)17-2/h11-14,16H,3-10H2,1-2H3. The van der Waals surface area contributed by atoms with Crippen molar-refractivity contribution in [2.45, 2.75) is 63.7 Å². The maximum Gasteiger partial charge on any atom is 0.0586 e. The average molecular weight is 241 g/mol. The number of hydrogen-bond acceptors (Lipinski definition) is 3. The van der Waals surface area contributed by atoms with Gasteiger partial charge in [0.2, 0.25) is 0 Å². The van der Waals surface area contributed by atoms with E-state index >= 15 is 0 Å². The van der Waals surface area contributed by atoms with Crippen LogP contribution in [0.5, 0.6) is 0 Å². The maximum atomic E-state index is 9.62. The second-order valence-electron chi connectivity index (χ2n) is 5.79. The highest BCUT2D eigenvalue weighted by molar-refractivity contribution is 4.84. The quantitative estimate of drug-likeness (QED) is 0.820. The lowest BCUT2D eigenvalue weighted by molar-refractivity contribution is 0.00535. The molecule has 0 radical (unpaired) electrons. The Balaban J connectivity index is 1.80. The number of hydrogen-bond donors (Lipinski definition) is 1. The molecule has 0 aromatic carbocycles. The number of piperidine rings is 1. The van der Waals surface area contributed by atoms with Gasteiger partial charge in [-0.2, -0.15) is 0 Å². The van der Waals surface area contributed by atoms with Crippen LogP contribution in [0.1, 0.15) is 45.4 Å².